The molecule has 116 valence electrons. The summed E-state index contributed by atoms with van der Waals surface area (Å²) in [4.78, 5) is 0. The van der Waals surface area contributed by atoms with Crippen LogP contribution < -0.4 is 0 Å². The molecule has 0 radical (unpaired) electrons. The van der Waals surface area contributed by atoms with Crippen LogP contribution in [0.1, 0.15) is 17.5 Å². The molecule has 0 aromatic heterocycles. The van der Waals surface area contributed by atoms with Crippen LogP contribution in [0.25, 0.3) is 0 Å². The first-order valence-electron chi connectivity index (χ1n) is 8.69. The number of nitrogens with zero attached hydrogens (tertiary/aromatic N) is 2. The zero-order valence-corrected chi connectivity index (χ0v) is 13.3. The highest BCUT2D eigenvalue weighted by Crippen LogP contribution is 2.52. The van der Waals surface area contributed by atoms with Gasteiger partial charge in [-0.1, -0.05) is 72.8 Å². The number of hydrazine groups is 1. The molecule has 4 unspecified atom stereocenters. The summed E-state index contributed by atoms with van der Waals surface area (Å²) >= 11 is 0. The molecule has 3 aliphatic rings. The van der Waals surface area contributed by atoms with Crippen molar-refractivity contribution in [1.29, 1.82) is 0 Å². The highest BCUT2D eigenvalue weighted by atomic mass is 15.7. The molecular weight excluding hydrogens is 280 g/mol. The van der Waals surface area contributed by atoms with Gasteiger partial charge >= 0.3 is 0 Å². The van der Waals surface area contributed by atoms with Gasteiger partial charge in [-0.25, -0.2) is 10.0 Å². The molecule has 0 N–H and O–H groups in total. The fraction of sp³-hybridized carbons (Fsp3) is 0.333. The van der Waals surface area contributed by atoms with E-state index in [1.54, 1.807) is 0 Å². The Morgan fingerprint density at radius 3 is 1.52 bits per heavy atom. The largest absolute Gasteiger partial charge is 0.231 e. The Hall–Kier alpha value is -1.90. The van der Waals surface area contributed by atoms with E-state index in [4.69, 9.17) is 0 Å². The van der Waals surface area contributed by atoms with Crippen LogP contribution in [0.3, 0.4) is 0 Å². The summed E-state index contributed by atoms with van der Waals surface area (Å²) in [5.74, 6) is 1.53. The first kappa shape index (κ1) is 13.5. The summed E-state index contributed by atoms with van der Waals surface area (Å²) in [6, 6.07) is 23.2. The Bertz CT molecular complexity index is 648. The lowest BCUT2D eigenvalue weighted by atomic mass is 9.89. The monoisotopic (exact) mass is 302 g/mol. The molecule has 2 fully saturated rings. The van der Waals surface area contributed by atoms with Crippen molar-refractivity contribution in [2.45, 2.75) is 31.6 Å². The first-order valence-corrected chi connectivity index (χ1v) is 8.69. The lowest BCUT2D eigenvalue weighted by Crippen LogP contribution is -2.71. The van der Waals surface area contributed by atoms with Gasteiger partial charge in [-0.3, -0.25) is 0 Å². The second-order valence-electron chi connectivity index (χ2n) is 7.10. The van der Waals surface area contributed by atoms with Crippen molar-refractivity contribution < 1.29 is 0 Å². The summed E-state index contributed by atoms with van der Waals surface area (Å²) in [5, 5.41) is 5.25. The van der Waals surface area contributed by atoms with Gasteiger partial charge < -0.3 is 0 Å². The van der Waals surface area contributed by atoms with Crippen LogP contribution in [0.2, 0.25) is 0 Å². The van der Waals surface area contributed by atoms with E-state index in [9.17, 15) is 0 Å². The summed E-state index contributed by atoms with van der Waals surface area (Å²) < 4.78 is 0. The Morgan fingerprint density at radius 2 is 1.09 bits per heavy atom. The fourth-order valence-corrected chi connectivity index (χ4v) is 4.77. The summed E-state index contributed by atoms with van der Waals surface area (Å²) in [5.41, 5.74) is 2.83. The van der Waals surface area contributed by atoms with E-state index in [1.807, 2.05) is 0 Å². The molecule has 1 saturated heterocycles. The fourth-order valence-electron chi connectivity index (χ4n) is 4.77. The van der Waals surface area contributed by atoms with E-state index in [2.05, 4.69) is 82.8 Å². The number of hydrogen-bond acceptors (Lipinski definition) is 2. The second-order valence-corrected chi connectivity index (χ2v) is 7.10. The van der Waals surface area contributed by atoms with Gasteiger partial charge in [0, 0.05) is 25.2 Å². The molecule has 1 aliphatic heterocycles. The summed E-state index contributed by atoms with van der Waals surface area (Å²) in [6.07, 6.45) is 6.28. The van der Waals surface area contributed by atoms with Gasteiger partial charge in [0.05, 0.1) is 0 Å². The van der Waals surface area contributed by atoms with Crippen LogP contribution in [-0.4, -0.2) is 22.1 Å². The lowest BCUT2D eigenvalue weighted by molar-refractivity contribution is -0.227. The van der Waals surface area contributed by atoms with Crippen LogP contribution in [0.15, 0.2) is 72.8 Å². The van der Waals surface area contributed by atoms with E-state index >= 15 is 0 Å². The lowest BCUT2D eigenvalue weighted by Gasteiger charge is -2.58. The van der Waals surface area contributed by atoms with Crippen LogP contribution in [-0.2, 0) is 13.1 Å². The molecule has 2 nitrogen and oxygen atoms in total. The first-order chi connectivity index (χ1) is 11.4. The van der Waals surface area contributed by atoms with E-state index < -0.39 is 0 Å². The molecule has 2 heteroatoms. The molecule has 2 bridgehead atoms. The van der Waals surface area contributed by atoms with Gasteiger partial charge in [-0.15, -0.1) is 0 Å². The number of hydrogen-bond donors (Lipinski definition) is 0. The molecule has 2 aromatic carbocycles. The smallest absolute Gasteiger partial charge is 0.0488 e. The van der Waals surface area contributed by atoms with Crippen molar-refractivity contribution in [2.75, 3.05) is 0 Å². The Labute approximate surface area is 138 Å². The maximum absolute atomic E-state index is 2.63. The minimum Gasteiger partial charge on any atom is -0.231 e. The average Bonchev–Trinajstić information content (AvgIpc) is 3.18. The molecular formula is C21H22N2. The van der Waals surface area contributed by atoms with Crippen molar-refractivity contribution in [1.82, 2.24) is 10.0 Å². The highest BCUT2D eigenvalue weighted by molar-refractivity contribution is 5.26. The van der Waals surface area contributed by atoms with E-state index in [-0.39, 0.29) is 0 Å². The number of rotatable bonds is 4. The third-order valence-corrected chi connectivity index (χ3v) is 5.77. The highest BCUT2D eigenvalue weighted by Gasteiger charge is 2.58. The molecule has 0 spiro atoms. The maximum atomic E-state index is 2.63. The van der Waals surface area contributed by atoms with Crippen molar-refractivity contribution in [3.63, 3.8) is 0 Å². The second kappa shape index (κ2) is 5.33. The molecule has 4 atom stereocenters. The standard InChI is InChI=1S/C21H22N2/c1-3-7-16(8-4-1)14-22-20-18-11-12-19(13-18)21(20)23(22)15-17-9-5-2-6-10-17/h1-12,18-21H,13-15H2. The van der Waals surface area contributed by atoms with Crippen molar-refractivity contribution >= 4 is 0 Å². The minimum atomic E-state index is 0.717. The Morgan fingerprint density at radius 1 is 0.652 bits per heavy atom. The molecule has 0 amide bonds. The Kier molecular flexibility index (Phi) is 3.13. The molecule has 2 aliphatic carbocycles. The quantitative estimate of drug-likeness (QED) is 0.791. The van der Waals surface area contributed by atoms with E-state index in [0.717, 1.165) is 24.9 Å². The zero-order valence-electron chi connectivity index (χ0n) is 13.3. The molecule has 1 heterocycles. The number of fused-ring (bicyclic) bond motifs is 5. The maximum Gasteiger partial charge on any atom is 0.0488 e. The van der Waals surface area contributed by atoms with Gasteiger partial charge in [0.2, 0.25) is 0 Å². The van der Waals surface area contributed by atoms with Gasteiger partial charge in [0.1, 0.15) is 0 Å². The van der Waals surface area contributed by atoms with Gasteiger partial charge in [-0.05, 0) is 29.4 Å². The molecule has 5 rings (SSSR count). The average molecular weight is 302 g/mol. The van der Waals surface area contributed by atoms with E-state index in [1.165, 1.54) is 17.5 Å². The van der Waals surface area contributed by atoms with Crippen LogP contribution >= 0.6 is 0 Å². The van der Waals surface area contributed by atoms with Crippen molar-refractivity contribution in [3.05, 3.63) is 83.9 Å². The number of benzene rings is 2. The predicted molar refractivity (Wildman–Crippen MR) is 92.3 cm³/mol. The normalized spacial score (nSPS) is 32.0. The van der Waals surface area contributed by atoms with Crippen LogP contribution in [0.4, 0.5) is 0 Å². The molecule has 1 saturated carbocycles. The van der Waals surface area contributed by atoms with Gasteiger partial charge in [0.25, 0.3) is 0 Å². The molecule has 2 aromatic rings. The van der Waals surface area contributed by atoms with Crippen LogP contribution in [0.5, 0.6) is 0 Å². The van der Waals surface area contributed by atoms with Crippen molar-refractivity contribution in [3.8, 4) is 0 Å². The third-order valence-electron chi connectivity index (χ3n) is 5.77. The van der Waals surface area contributed by atoms with E-state index in [0.29, 0.717) is 12.1 Å². The van der Waals surface area contributed by atoms with Crippen LogP contribution in [0, 0.1) is 11.8 Å². The predicted octanol–water partition coefficient (Wildman–Crippen LogP) is 3.86. The van der Waals surface area contributed by atoms with Gasteiger partial charge in [-0.2, -0.15) is 0 Å². The summed E-state index contributed by atoms with van der Waals surface area (Å²) in [6.45, 7) is 2.07. The minimum absolute atomic E-state index is 0.717. The molecule has 23 heavy (non-hydrogen) atoms. The van der Waals surface area contributed by atoms with Crippen molar-refractivity contribution in [2.24, 2.45) is 11.8 Å². The third kappa shape index (κ3) is 2.17. The van der Waals surface area contributed by atoms with Gasteiger partial charge in [0.15, 0.2) is 0 Å². The summed E-state index contributed by atoms with van der Waals surface area (Å²) in [7, 11) is 0. The topological polar surface area (TPSA) is 6.48 Å². The SMILES string of the molecule is C1=CC2CC1C1C2N(Cc2ccccc2)N1Cc1ccccc1. The Balaban J connectivity index is 1.41. The zero-order chi connectivity index (χ0) is 15.2.